The van der Waals surface area contributed by atoms with Crippen LogP contribution in [0.2, 0.25) is 0 Å². The van der Waals surface area contributed by atoms with Crippen molar-refractivity contribution in [2.45, 2.75) is 6.61 Å². The van der Waals surface area contributed by atoms with Gasteiger partial charge in [-0.2, -0.15) is 0 Å². The molecule has 1 aliphatic heterocycles. The van der Waals surface area contributed by atoms with Gasteiger partial charge in [-0.05, 0) is 11.6 Å². The van der Waals surface area contributed by atoms with Crippen LogP contribution in [0.5, 0.6) is 0 Å². The maximum absolute atomic E-state index is 11.3. The second-order valence-corrected chi connectivity index (χ2v) is 3.01. The molecule has 0 unspecified atom stereocenters. The highest BCUT2D eigenvalue weighted by Crippen LogP contribution is 2.22. The van der Waals surface area contributed by atoms with E-state index in [1.165, 1.54) is 18.2 Å². The van der Waals surface area contributed by atoms with Crippen molar-refractivity contribution < 1.29 is 14.5 Å². The molecule has 0 bridgehead atoms. The first kappa shape index (κ1) is 8.83. The Kier molecular flexibility index (Phi) is 2.01. The number of ketones is 1. The topological polar surface area (TPSA) is 69.4 Å². The average molecular weight is 193 g/mol. The van der Waals surface area contributed by atoms with E-state index in [-0.39, 0.29) is 24.7 Å². The molecule has 1 aromatic carbocycles. The summed E-state index contributed by atoms with van der Waals surface area (Å²) in [5.74, 6) is -0.124. The normalized spacial score (nSPS) is 15.0. The van der Waals surface area contributed by atoms with E-state index in [4.69, 9.17) is 4.74 Å². The molecule has 72 valence electrons. The zero-order valence-corrected chi connectivity index (χ0v) is 7.23. The number of rotatable bonds is 1. The summed E-state index contributed by atoms with van der Waals surface area (Å²) in [7, 11) is 0. The standard InChI is InChI=1S/C9H7NO4/c11-9-5-14-4-6-3-7(10(12)13)1-2-8(6)9/h1-3H,4-5H2. The zero-order chi connectivity index (χ0) is 10.1. The van der Waals surface area contributed by atoms with Crippen molar-refractivity contribution in [3.63, 3.8) is 0 Å². The Morgan fingerprint density at radius 2 is 2.14 bits per heavy atom. The van der Waals surface area contributed by atoms with Crippen LogP contribution < -0.4 is 0 Å². The summed E-state index contributed by atoms with van der Waals surface area (Å²) in [6, 6.07) is 4.20. The van der Waals surface area contributed by atoms with Crippen molar-refractivity contribution in [2.24, 2.45) is 0 Å². The predicted molar refractivity (Wildman–Crippen MR) is 47.1 cm³/mol. The fourth-order valence-corrected chi connectivity index (χ4v) is 1.42. The number of Topliss-reactive ketones (excluding diaryl/α,β-unsaturated/α-hetero) is 1. The molecule has 0 atom stereocenters. The van der Waals surface area contributed by atoms with Gasteiger partial charge in [0.25, 0.3) is 5.69 Å². The summed E-state index contributed by atoms with van der Waals surface area (Å²) in [5, 5.41) is 10.4. The number of nitro groups is 1. The number of non-ortho nitro benzene ring substituents is 1. The van der Waals surface area contributed by atoms with Crippen molar-refractivity contribution in [2.75, 3.05) is 6.61 Å². The lowest BCUT2D eigenvalue weighted by Crippen LogP contribution is -2.17. The SMILES string of the molecule is O=C1COCc2cc([N+](=O)[O-])ccc21. The first-order valence-corrected chi connectivity index (χ1v) is 4.07. The van der Waals surface area contributed by atoms with Crippen LogP contribution in [-0.4, -0.2) is 17.3 Å². The Hall–Kier alpha value is -1.75. The molecule has 1 aliphatic rings. The van der Waals surface area contributed by atoms with Crippen LogP contribution in [-0.2, 0) is 11.3 Å². The van der Waals surface area contributed by atoms with E-state index in [1.54, 1.807) is 0 Å². The van der Waals surface area contributed by atoms with Gasteiger partial charge in [-0.1, -0.05) is 0 Å². The Morgan fingerprint density at radius 1 is 1.36 bits per heavy atom. The van der Waals surface area contributed by atoms with Crippen molar-refractivity contribution >= 4 is 11.5 Å². The van der Waals surface area contributed by atoms with Crippen molar-refractivity contribution in [3.8, 4) is 0 Å². The van der Waals surface area contributed by atoms with Gasteiger partial charge in [-0.15, -0.1) is 0 Å². The molecular weight excluding hydrogens is 186 g/mol. The van der Waals surface area contributed by atoms with Crippen LogP contribution >= 0.6 is 0 Å². The molecule has 0 saturated heterocycles. The van der Waals surface area contributed by atoms with Gasteiger partial charge >= 0.3 is 0 Å². The zero-order valence-electron chi connectivity index (χ0n) is 7.23. The van der Waals surface area contributed by atoms with Gasteiger partial charge < -0.3 is 4.74 Å². The number of benzene rings is 1. The molecule has 5 heteroatoms. The van der Waals surface area contributed by atoms with E-state index >= 15 is 0 Å². The highest BCUT2D eigenvalue weighted by atomic mass is 16.6. The lowest BCUT2D eigenvalue weighted by molar-refractivity contribution is -0.385. The number of fused-ring (bicyclic) bond motifs is 1. The lowest BCUT2D eigenvalue weighted by atomic mass is 10.0. The van der Waals surface area contributed by atoms with Crippen molar-refractivity contribution in [1.29, 1.82) is 0 Å². The third-order valence-electron chi connectivity index (χ3n) is 2.09. The minimum Gasteiger partial charge on any atom is -0.369 e. The second kappa shape index (κ2) is 3.19. The molecule has 5 nitrogen and oxygen atoms in total. The van der Waals surface area contributed by atoms with Gasteiger partial charge in [0.2, 0.25) is 0 Å². The highest BCUT2D eigenvalue weighted by Gasteiger charge is 2.19. The van der Waals surface area contributed by atoms with E-state index < -0.39 is 4.92 Å². The van der Waals surface area contributed by atoms with Gasteiger partial charge in [0, 0.05) is 17.7 Å². The molecule has 0 aliphatic carbocycles. The molecule has 0 radical (unpaired) electrons. The Morgan fingerprint density at radius 3 is 2.86 bits per heavy atom. The molecular formula is C9H7NO4. The summed E-state index contributed by atoms with van der Waals surface area (Å²) in [6.07, 6.45) is 0. The number of carbonyl (C=O) groups excluding carboxylic acids is 1. The minimum absolute atomic E-state index is 0.0120. The third kappa shape index (κ3) is 1.38. The largest absolute Gasteiger partial charge is 0.369 e. The molecule has 0 spiro atoms. The quantitative estimate of drug-likeness (QED) is 0.498. The summed E-state index contributed by atoms with van der Waals surface area (Å²) >= 11 is 0. The van der Waals surface area contributed by atoms with Gasteiger partial charge in [0.15, 0.2) is 5.78 Å². The smallest absolute Gasteiger partial charge is 0.269 e. The van der Waals surface area contributed by atoms with Crippen molar-refractivity contribution in [3.05, 3.63) is 39.4 Å². The third-order valence-corrected chi connectivity index (χ3v) is 2.09. The molecule has 1 aromatic rings. The summed E-state index contributed by atoms with van der Waals surface area (Å²) in [6.45, 7) is 0.327. The monoisotopic (exact) mass is 193 g/mol. The molecule has 14 heavy (non-hydrogen) atoms. The number of hydrogen-bond acceptors (Lipinski definition) is 4. The van der Waals surface area contributed by atoms with E-state index in [9.17, 15) is 14.9 Å². The van der Waals surface area contributed by atoms with Crippen LogP contribution in [0.3, 0.4) is 0 Å². The lowest BCUT2D eigenvalue weighted by Gasteiger charge is -2.14. The number of ether oxygens (including phenoxy) is 1. The van der Waals surface area contributed by atoms with E-state index in [0.717, 1.165) is 0 Å². The minimum atomic E-state index is -0.487. The number of hydrogen-bond donors (Lipinski definition) is 0. The summed E-state index contributed by atoms with van der Waals surface area (Å²) in [5.41, 5.74) is 1.11. The average Bonchev–Trinajstić information content (AvgIpc) is 2.17. The molecule has 2 rings (SSSR count). The maximum Gasteiger partial charge on any atom is 0.269 e. The number of nitro benzene ring substituents is 1. The second-order valence-electron chi connectivity index (χ2n) is 3.01. The molecule has 0 fully saturated rings. The van der Waals surface area contributed by atoms with E-state index in [1.807, 2.05) is 0 Å². The Balaban J connectivity index is 2.49. The first-order chi connectivity index (χ1) is 6.68. The summed E-state index contributed by atoms with van der Waals surface area (Å²) in [4.78, 5) is 21.2. The van der Waals surface area contributed by atoms with Gasteiger partial charge in [0.05, 0.1) is 11.5 Å². The number of nitrogens with zero attached hydrogens (tertiary/aromatic N) is 1. The van der Waals surface area contributed by atoms with Crippen LogP contribution in [0, 0.1) is 10.1 Å². The highest BCUT2D eigenvalue weighted by molar-refractivity contribution is 5.99. The molecule has 0 amide bonds. The Bertz CT molecular complexity index is 413. The fraction of sp³-hybridized carbons (Fsp3) is 0.222. The van der Waals surface area contributed by atoms with Crippen LogP contribution in [0.15, 0.2) is 18.2 Å². The molecule has 1 heterocycles. The number of carbonyl (C=O) groups is 1. The predicted octanol–water partition coefficient (Wildman–Crippen LogP) is 1.31. The van der Waals surface area contributed by atoms with Gasteiger partial charge in [-0.25, -0.2) is 0 Å². The Labute approximate surface area is 79.4 Å². The molecule has 0 N–H and O–H groups in total. The van der Waals surface area contributed by atoms with Crippen LogP contribution in [0.25, 0.3) is 0 Å². The fourth-order valence-electron chi connectivity index (χ4n) is 1.42. The van der Waals surface area contributed by atoms with E-state index in [2.05, 4.69) is 0 Å². The van der Waals surface area contributed by atoms with Gasteiger partial charge in [0.1, 0.15) is 6.61 Å². The van der Waals surface area contributed by atoms with Gasteiger partial charge in [-0.3, -0.25) is 14.9 Å². The van der Waals surface area contributed by atoms with Crippen molar-refractivity contribution in [1.82, 2.24) is 0 Å². The first-order valence-electron chi connectivity index (χ1n) is 4.07. The maximum atomic E-state index is 11.3. The molecule has 0 aromatic heterocycles. The van der Waals surface area contributed by atoms with Crippen LogP contribution in [0.1, 0.15) is 15.9 Å². The van der Waals surface area contributed by atoms with E-state index in [0.29, 0.717) is 11.1 Å². The van der Waals surface area contributed by atoms with Crippen LogP contribution in [0.4, 0.5) is 5.69 Å². The molecule has 0 saturated carbocycles. The summed E-state index contributed by atoms with van der Waals surface area (Å²) < 4.78 is 4.97.